The average molecular weight is 314 g/mol. The summed E-state index contributed by atoms with van der Waals surface area (Å²) in [5.74, 6) is -0.816. The molecule has 0 bridgehead atoms. The van der Waals surface area contributed by atoms with Crippen LogP contribution in [-0.2, 0) is 14.8 Å². The van der Waals surface area contributed by atoms with Crippen LogP contribution in [-0.4, -0.2) is 37.0 Å². The number of hydrogen-bond donors (Lipinski definition) is 1. The molecule has 0 aromatic heterocycles. The van der Waals surface area contributed by atoms with Gasteiger partial charge in [-0.1, -0.05) is 13.0 Å². The molecule has 1 aliphatic rings. The summed E-state index contributed by atoms with van der Waals surface area (Å²) in [7, 11) is -3.41. The van der Waals surface area contributed by atoms with E-state index in [0.29, 0.717) is 31.5 Å². The Hall–Kier alpha value is -1.47. The first-order valence-corrected chi connectivity index (χ1v) is 8.61. The first-order valence-electron chi connectivity index (χ1n) is 7.00. The Kier molecular flexibility index (Phi) is 4.95. The minimum atomic E-state index is -3.41. The van der Waals surface area contributed by atoms with Crippen LogP contribution in [0.1, 0.15) is 26.2 Å². The van der Waals surface area contributed by atoms with Crippen LogP contribution >= 0.6 is 0 Å². The molecular weight excluding hydrogens is 295 g/mol. The molecule has 1 atom stereocenters. The van der Waals surface area contributed by atoms with Crippen molar-refractivity contribution in [2.24, 2.45) is 0 Å². The molecule has 1 aromatic carbocycles. The number of anilines is 1. The Morgan fingerprint density at radius 2 is 2.24 bits per heavy atom. The van der Waals surface area contributed by atoms with Gasteiger partial charge in [-0.2, -0.15) is 4.31 Å². The highest BCUT2D eigenvalue weighted by molar-refractivity contribution is 7.89. The number of nitrogens with one attached hydrogen (secondary N) is 1. The molecule has 2 rings (SSSR count). The van der Waals surface area contributed by atoms with E-state index in [4.69, 9.17) is 0 Å². The van der Waals surface area contributed by atoms with Crippen molar-refractivity contribution in [2.75, 3.05) is 17.6 Å². The predicted molar refractivity (Wildman–Crippen MR) is 78.8 cm³/mol. The normalized spacial score (nSPS) is 19.6. The first-order chi connectivity index (χ1) is 9.94. The fourth-order valence-corrected chi connectivity index (χ4v) is 4.25. The van der Waals surface area contributed by atoms with Crippen molar-refractivity contribution in [1.29, 1.82) is 0 Å². The number of carbonyl (C=O) groups is 1. The van der Waals surface area contributed by atoms with E-state index in [9.17, 15) is 17.6 Å². The quantitative estimate of drug-likeness (QED) is 0.903. The highest BCUT2D eigenvalue weighted by Gasteiger charge is 2.37. The van der Waals surface area contributed by atoms with Crippen molar-refractivity contribution in [3.63, 3.8) is 0 Å². The van der Waals surface area contributed by atoms with E-state index in [-0.39, 0.29) is 5.75 Å². The lowest BCUT2D eigenvalue weighted by atomic mass is 10.2. The molecule has 1 saturated heterocycles. The number of carbonyl (C=O) groups excluding carboxylic acids is 1. The third-order valence-electron chi connectivity index (χ3n) is 3.42. The molecule has 1 amide bonds. The minimum Gasteiger partial charge on any atom is -0.325 e. The largest absolute Gasteiger partial charge is 0.325 e. The molecule has 1 N–H and O–H groups in total. The van der Waals surface area contributed by atoms with Gasteiger partial charge in [0.2, 0.25) is 15.9 Å². The lowest BCUT2D eigenvalue weighted by Crippen LogP contribution is -2.44. The summed E-state index contributed by atoms with van der Waals surface area (Å²) in [6.07, 6.45) is 1.66. The van der Waals surface area contributed by atoms with E-state index in [0.717, 1.165) is 0 Å². The van der Waals surface area contributed by atoms with Gasteiger partial charge in [0.15, 0.2) is 0 Å². The number of nitrogens with zero attached hydrogens (tertiary/aromatic N) is 1. The SMILES string of the molecule is CCCS(=O)(=O)N1CCCC1C(=O)Nc1cccc(F)c1. The molecule has 7 heteroatoms. The topological polar surface area (TPSA) is 66.5 Å². The van der Waals surface area contributed by atoms with Crippen LogP contribution < -0.4 is 5.32 Å². The molecule has 21 heavy (non-hydrogen) atoms. The minimum absolute atomic E-state index is 0.0384. The second kappa shape index (κ2) is 6.53. The van der Waals surface area contributed by atoms with E-state index in [1.54, 1.807) is 13.0 Å². The summed E-state index contributed by atoms with van der Waals surface area (Å²) in [6, 6.07) is 4.84. The highest BCUT2D eigenvalue weighted by atomic mass is 32.2. The van der Waals surface area contributed by atoms with Gasteiger partial charge in [0.05, 0.1) is 5.75 Å². The molecule has 0 radical (unpaired) electrons. The molecule has 116 valence electrons. The van der Waals surface area contributed by atoms with Gasteiger partial charge in [-0.15, -0.1) is 0 Å². The standard InChI is InChI=1S/C14H19FN2O3S/c1-2-9-21(19,20)17-8-4-7-13(17)14(18)16-12-6-3-5-11(15)10-12/h3,5-6,10,13H,2,4,7-9H2,1H3,(H,16,18). The van der Waals surface area contributed by atoms with Crippen LogP contribution in [0.3, 0.4) is 0 Å². The maximum Gasteiger partial charge on any atom is 0.242 e. The molecule has 1 aliphatic heterocycles. The fourth-order valence-electron chi connectivity index (χ4n) is 2.50. The summed E-state index contributed by atoms with van der Waals surface area (Å²) in [6.45, 7) is 2.15. The Morgan fingerprint density at radius 1 is 1.48 bits per heavy atom. The van der Waals surface area contributed by atoms with E-state index in [1.807, 2.05) is 0 Å². The van der Waals surface area contributed by atoms with E-state index in [1.165, 1.54) is 22.5 Å². The lowest BCUT2D eigenvalue weighted by molar-refractivity contribution is -0.119. The smallest absolute Gasteiger partial charge is 0.242 e. The molecular formula is C14H19FN2O3S. The molecule has 0 aliphatic carbocycles. The van der Waals surface area contributed by atoms with Gasteiger partial charge in [0.1, 0.15) is 11.9 Å². The lowest BCUT2D eigenvalue weighted by Gasteiger charge is -2.23. The Bertz CT molecular complexity index is 618. The van der Waals surface area contributed by atoms with E-state index >= 15 is 0 Å². The monoisotopic (exact) mass is 314 g/mol. The van der Waals surface area contributed by atoms with Gasteiger partial charge in [0, 0.05) is 12.2 Å². The zero-order valence-electron chi connectivity index (χ0n) is 11.9. The van der Waals surface area contributed by atoms with Gasteiger partial charge in [-0.05, 0) is 37.5 Å². The molecule has 1 heterocycles. The second-order valence-corrected chi connectivity index (χ2v) is 7.13. The van der Waals surface area contributed by atoms with Crippen molar-refractivity contribution in [3.8, 4) is 0 Å². The maximum absolute atomic E-state index is 13.1. The highest BCUT2D eigenvalue weighted by Crippen LogP contribution is 2.23. The van der Waals surface area contributed by atoms with Gasteiger partial charge in [-0.3, -0.25) is 4.79 Å². The molecule has 0 saturated carbocycles. The number of benzene rings is 1. The number of rotatable bonds is 5. The second-order valence-electron chi connectivity index (χ2n) is 5.08. The van der Waals surface area contributed by atoms with Crippen molar-refractivity contribution in [3.05, 3.63) is 30.1 Å². The Morgan fingerprint density at radius 3 is 2.90 bits per heavy atom. The molecule has 1 aromatic rings. The molecule has 1 fully saturated rings. The van der Waals surface area contributed by atoms with Crippen molar-refractivity contribution >= 4 is 21.6 Å². The van der Waals surface area contributed by atoms with Crippen LogP contribution in [0.4, 0.5) is 10.1 Å². The van der Waals surface area contributed by atoms with Crippen molar-refractivity contribution in [2.45, 2.75) is 32.2 Å². The summed E-state index contributed by atoms with van der Waals surface area (Å²) in [4.78, 5) is 12.2. The number of amides is 1. The van der Waals surface area contributed by atoms with Crippen LogP contribution in [0.25, 0.3) is 0 Å². The number of hydrogen-bond acceptors (Lipinski definition) is 3. The fraction of sp³-hybridized carbons (Fsp3) is 0.500. The van der Waals surface area contributed by atoms with Crippen LogP contribution in [0.2, 0.25) is 0 Å². The summed E-state index contributed by atoms with van der Waals surface area (Å²) < 4.78 is 38.7. The average Bonchev–Trinajstić information content (AvgIpc) is 2.88. The zero-order valence-corrected chi connectivity index (χ0v) is 12.7. The number of sulfonamides is 1. The third-order valence-corrected chi connectivity index (χ3v) is 5.49. The zero-order chi connectivity index (χ0) is 15.5. The van der Waals surface area contributed by atoms with Crippen molar-refractivity contribution in [1.82, 2.24) is 4.31 Å². The molecule has 0 spiro atoms. The Balaban J connectivity index is 2.11. The van der Waals surface area contributed by atoms with Gasteiger partial charge < -0.3 is 5.32 Å². The predicted octanol–water partition coefficient (Wildman–Crippen LogP) is 1.97. The summed E-state index contributed by atoms with van der Waals surface area (Å²) >= 11 is 0. The maximum atomic E-state index is 13.1. The van der Waals surface area contributed by atoms with E-state index < -0.39 is 27.8 Å². The van der Waals surface area contributed by atoms with Gasteiger partial charge in [0.25, 0.3) is 0 Å². The molecule has 5 nitrogen and oxygen atoms in total. The molecule has 1 unspecified atom stereocenters. The number of halogens is 1. The summed E-state index contributed by atoms with van der Waals surface area (Å²) in [5, 5.41) is 2.58. The van der Waals surface area contributed by atoms with Crippen LogP contribution in [0, 0.1) is 5.82 Å². The first kappa shape index (κ1) is 15.9. The van der Waals surface area contributed by atoms with Crippen molar-refractivity contribution < 1.29 is 17.6 Å². The van der Waals surface area contributed by atoms with Crippen LogP contribution in [0.15, 0.2) is 24.3 Å². The van der Waals surface area contributed by atoms with Gasteiger partial charge in [-0.25, -0.2) is 12.8 Å². The Labute approximate surface area is 124 Å². The summed E-state index contributed by atoms with van der Waals surface area (Å²) in [5.41, 5.74) is 0.333. The van der Waals surface area contributed by atoms with Crippen LogP contribution in [0.5, 0.6) is 0 Å². The van der Waals surface area contributed by atoms with E-state index in [2.05, 4.69) is 5.32 Å². The van der Waals surface area contributed by atoms with Gasteiger partial charge >= 0.3 is 0 Å². The third kappa shape index (κ3) is 3.79.